The Hall–Kier alpha value is -1.37. The van der Waals surface area contributed by atoms with Crippen molar-refractivity contribution in [1.82, 2.24) is 5.32 Å². The lowest BCUT2D eigenvalue weighted by molar-refractivity contribution is 0.178. The first-order valence-electron chi connectivity index (χ1n) is 4.10. The van der Waals surface area contributed by atoms with Gasteiger partial charge in [0.2, 0.25) is 0 Å². The Labute approximate surface area is 77.6 Å². The number of aliphatic hydroxyl groups is 1. The number of benzene rings is 1. The molecule has 0 bridgehead atoms. The second-order valence-corrected chi connectivity index (χ2v) is 2.81. The highest BCUT2D eigenvalue weighted by Crippen LogP contribution is 2.12. The van der Waals surface area contributed by atoms with Crippen molar-refractivity contribution in [1.29, 1.82) is 5.26 Å². The molecule has 3 heteroatoms. The first kappa shape index (κ1) is 9.72. The molecule has 0 aromatic heterocycles. The van der Waals surface area contributed by atoms with Crippen LogP contribution in [0.1, 0.15) is 17.2 Å². The third-order valence-electron chi connectivity index (χ3n) is 1.80. The predicted octanol–water partition coefficient (Wildman–Crippen LogP) is 0.811. The quantitative estimate of drug-likeness (QED) is 0.716. The molecule has 0 radical (unpaired) electrons. The first-order valence-corrected chi connectivity index (χ1v) is 4.10. The second kappa shape index (κ2) is 4.61. The topological polar surface area (TPSA) is 56.0 Å². The van der Waals surface area contributed by atoms with E-state index in [-0.39, 0.29) is 0 Å². The van der Waals surface area contributed by atoms with Crippen LogP contribution < -0.4 is 5.32 Å². The molecule has 0 amide bonds. The van der Waals surface area contributed by atoms with Crippen molar-refractivity contribution >= 4 is 0 Å². The number of nitrogens with one attached hydrogen (secondary N) is 1. The van der Waals surface area contributed by atoms with E-state index in [1.807, 2.05) is 12.1 Å². The van der Waals surface area contributed by atoms with E-state index in [1.165, 1.54) is 0 Å². The van der Waals surface area contributed by atoms with Crippen molar-refractivity contribution in [2.24, 2.45) is 0 Å². The number of nitriles is 1. The molecule has 2 N–H and O–H groups in total. The molecule has 0 saturated heterocycles. The average molecular weight is 176 g/mol. The number of aliphatic hydroxyl groups excluding tert-OH is 1. The molecule has 1 atom stereocenters. The minimum Gasteiger partial charge on any atom is -0.387 e. The Morgan fingerprint density at radius 1 is 1.62 bits per heavy atom. The van der Waals surface area contributed by atoms with E-state index in [0.717, 1.165) is 5.56 Å². The molecule has 1 rings (SSSR count). The molecule has 68 valence electrons. The Morgan fingerprint density at radius 3 is 3.00 bits per heavy atom. The molecule has 0 fully saturated rings. The number of hydrogen-bond acceptors (Lipinski definition) is 3. The van der Waals surface area contributed by atoms with Gasteiger partial charge < -0.3 is 10.4 Å². The maximum Gasteiger partial charge on any atom is 0.0991 e. The zero-order valence-corrected chi connectivity index (χ0v) is 7.49. The molecule has 0 spiro atoms. The van der Waals surface area contributed by atoms with Crippen molar-refractivity contribution in [3.8, 4) is 6.07 Å². The van der Waals surface area contributed by atoms with Gasteiger partial charge in [-0.25, -0.2) is 0 Å². The van der Waals surface area contributed by atoms with Crippen molar-refractivity contribution in [2.45, 2.75) is 6.10 Å². The van der Waals surface area contributed by atoms with E-state index in [1.54, 1.807) is 25.2 Å². The molecule has 1 aromatic carbocycles. The molecule has 0 aliphatic carbocycles. The maximum absolute atomic E-state index is 9.57. The van der Waals surface area contributed by atoms with Crippen LogP contribution in [-0.4, -0.2) is 18.7 Å². The molecule has 13 heavy (non-hydrogen) atoms. The highest BCUT2D eigenvalue weighted by Gasteiger charge is 2.05. The maximum atomic E-state index is 9.57. The lowest BCUT2D eigenvalue weighted by Crippen LogP contribution is -2.16. The van der Waals surface area contributed by atoms with Crippen LogP contribution >= 0.6 is 0 Å². The summed E-state index contributed by atoms with van der Waals surface area (Å²) in [4.78, 5) is 0. The van der Waals surface area contributed by atoms with Crippen LogP contribution in [0.3, 0.4) is 0 Å². The average Bonchev–Trinajstić information content (AvgIpc) is 2.18. The van der Waals surface area contributed by atoms with Crippen LogP contribution in [0.5, 0.6) is 0 Å². The van der Waals surface area contributed by atoms with Gasteiger partial charge in [-0.05, 0) is 24.7 Å². The van der Waals surface area contributed by atoms with Gasteiger partial charge in [0.15, 0.2) is 0 Å². The molecule has 3 nitrogen and oxygen atoms in total. The Bertz CT molecular complexity index is 317. The molecule has 0 heterocycles. The predicted molar refractivity (Wildman–Crippen MR) is 50.0 cm³/mol. The SMILES string of the molecule is CNC[C@H](O)c1cccc(C#N)c1. The second-order valence-electron chi connectivity index (χ2n) is 2.81. The third kappa shape index (κ3) is 2.55. The summed E-state index contributed by atoms with van der Waals surface area (Å²) >= 11 is 0. The van der Waals surface area contributed by atoms with E-state index in [2.05, 4.69) is 5.32 Å². The van der Waals surface area contributed by atoms with E-state index in [0.29, 0.717) is 12.1 Å². The van der Waals surface area contributed by atoms with Crippen molar-refractivity contribution in [3.05, 3.63) is 35.4 Å². The lowest BCUT2D eigenvalue weighted by Gasteiger charge is -2.09. The summed E-state index contributed by atoms with van der Waals surface area (Å²) in [5.41, 5.74) is 1.35. The molecule has 0 aliphatic heterocycles. The highest BCUT2D eigenvalue weighted by molar-refractivity contribution is 5.33. The molecular formula is C10H12N2O. The van der Waals surface area contributed by atoms with Crippen molar-refractivity contribution in [3.63, 3.8) is 0 Å². The molecule has 0 saturated carbocycles. The zero-order chi connectivity index (χ0) is 9.68. The first-order chi connectivity index (χ1) is 6.27. The fraction of sp³-hybridized carbons (Fsp3) is 0.300. The summed E-state index contributed by atoms with van der Waals surface area (Å²) in [5, 5.41) is 21.1. The van der Waals surface area contributed by atoms with E-state index >= 15 is 0 Å². The normalized spacial score (nSPS) is 12.1. The summed E-state index contributed by atoms with van der Waals surface area (Å²) in [7, 11) is 1.78. The zero-order valence-electron chi connectivity index (χ0n) is 7.49. The van der Waals surface area contributed by atoms with Gasteiger partial charge in [0, 0.05) is 6.54 Å². The largest absolute Gasteiger partial charge is 0.387 e. The van der Waals surface area contributed by atoms with Gasteiger partial charge in [0.1, 0.15) is 0 Å². The van der Waals surface area contributed by atoms with Gasteiger partial charge in [-0.3, -0.25) is 0 Å². The standard InChI is InChI=1S/C10H12N2O/c1-12-7-10(13)9-4-2-3-8(5-9)6-11/h2-5,10,12-13H,7H2,1H3/t10-/m0/s1. The monoisotopic (exact) mass is 176 g/mol. The van der Waals surface area contributed by atoms with E-state index in [4.69, 9.17) is 5.26 Å². The van der Waals surface area contributed by atoms with Gasteiger partial charge in [-0.2, -0.15) is 5.26 Å². The Kier molecular flexibility index (Phi) is 3.44. The van der Waals surface area contributed by atoms with Crippen LogP contribution in [-0.2, 0) is 0 Å². The molecule has 1 aromatic rings. The van der Waals surface area contributed by atoms with Gasteiger partial charge in [0.25, 0.3) is 0 Å². The summed E-state index contributed by atoms with van der Waals surface area (Å²) in [6.07, 6.45) is -0.543. The van der Waals surface area contributed by atoms with Crippen LogP contribution in [0.2, 0.25) is 0 Å². The summed E-state index contributed by atoms with van der Waals surface area (Å²) in [6, 6.07) is 9.03. The lowest BCUT2D eigenvalue weighted by atomic mass is 10.1. The number of hydrogen-bond donors (Lipinski definition) is 2. The number of likely N-dealkylation sites (N-methyl/N-ethyl adjacent to an activating group) is 1. The molecule has 0 aliphatic rings. The van der Waals surface area contributed by atoms with Crippen molar-refractivity contribution in [2.75, 3.05) is 13.6 Å². The number of rotatable bonds is 3. The van der Waals surface area contributed by atoms with Crippen LogP contribution in [0, 0.1) is 11.3 Å². The highest BCUT2D eigenvalue weighted by atomic mass is 16.3. The third-order valence-corrected chi connectivity index (χ3v) is 1.80. The van der Waals surface area contributed by atoms with Crippen LogP contribution in [0.15, 0.2) is 24.3 Å². The molecule has 0 unspecified atom stereocenters. The summed E-state index contributed by atoms with van der Waals surface area (Å²) < 4.78 is 0. The molecular weight excluding hydrogens is 164 g/mol. The summed E-state index contributed by atoms with van der Waals surface area (Å²) in [5.74, 6) is 0. The fourth-order valence-electron chi connectivity index (χ4n) is 1.13. The van der Waals surface area contributed by atoms with Crippen LogP contribution in [0.4, 0.5) is 0 Å². The van der Waals surface area contributed by atoms with Gasteiger partial charge in [0.05, 0.1) is 17.7 Å². The number of nitrogens with zero attached hydrogens (tertiary/aromatic N) is 1. The Balaban J connectivity index is 2.83. The van der Waals surface area contributed by atoms with Gasteiger partial charge >= 0.3 is 0 Å². The van der Waals surface area contributed by atoms with Crippen molar-refractivity contribution < 1.29 is 5.11 Å². The Morgan fingerprint density at radius 2 is 2.38 bits per heavy atom. The van der Waals surface area contributed by atoms with E-state index in [9.17, 15) is 5.11 Å². The van der Waals surface area contributed by atoms with Gasteiger partial charge in [-0.15, -0.1) is 0 Å². The van der Waals surface area contributed by atoms with Gasteiger partial charge in [-0.1, -0.05) is 12.1 Å². The van der Waals surface area contributed by atoms with E-state index < -0.39 is 6.10 Å². The summed E-state index contributed by atoms with van der Waals surface area (Å²) in [6.45, 7) is 0.495. The fourth-order valence-corrected chi connectivity index (χ4v) is 1.13. The smallest absolute Gasteiger partial charge is 0.0991 e. The van der Waals surface area contributed by atoms with Crippen LogP contribution in [0.25, 0.3) is 0 Å². The minimum absolute atomic E-state index is 0.495. The minimum atomic E-state index is -0.543.